The van der Waals surface area contributed by atoms with Crippen molar-refractivity contribution < 1.29 is 9.63 Å². The zero-order valence-electron chi connectivity index (χ0n) is 16.9. The highest BCUT2D eigenvalue weighted by molar-refractivity contribution is 7.10. The van der Waals surface area contributed by atoms with E-state index < -0.39 is 0 Å². The number of amides is 1. The molecule has 2 aliphatic rings. The van der Waals surface area contributed by atoms with E-state index in [0.29, 0.717) is 12.3 Å². The van der Waals surface area contributed by atoms with Gasteiger partial charge in [-0.1, -0.05) is 42.5 Å². The number of oxime groups is 1. The maximum atomic E-state index is 11.9. The van der Waals surface area contributed by atoms with Gasteiger partial charge in [0.05, 0.1) is 10.7 Å². The number of rotatable bonds is 6. The maximum absolute atomic E-state index is 11.9. The van der Waals surface area contributed by atoms with Crippen LogP contribution in [0, 0.1) is 0 Å². The molecule has 0 N–H and O–H groups in total. The Balaban J connectivity index is 1.59. The number of thiazole rings is 1. The number of hydrogen-bond donors (Lipinski definition) is 0. The minimum absolute atomic E-state index is 0.0463. The fraction of sp³-hybridized carbons (Fsp3) is 0.500. The Morgan fingerprint density at radius 1 is 1.32 bits per heavy atom. The number of allylic oxidation sites excluding steroid dienone is 4. The molecule has 28 heavy (non-hydrogen) atoms. The van der Waals surface area contributed by atoms with E-state index in [-0.39, 0.29) is 12.0 Å². The molecule has 0 aliphatic carbocycles. The monoisotopic (exact) mass is 399 g/mol. The molecule has 6 heteroatoms. The number of likely N-dealkylation sites (tertiary alicyclic amines) is 1. The van der Waals surface area contributed by atoms with Crippen molar-refractivity contribution in [3.8, 4) is 0 Å². The van der Waals surface area contributed by atoms with Gasteiger partial charge in [-0.15, -0.1) is 11.3 Å². The first-order chi connectivity index (χ1) is 13.7. The molecule has 1 aromatic rings. The fourth-order valence-corrected chi connectivity index (χ4v) is 4.58. The summed E-state index contributed by atoms with van der Waals surface area (Å²) in [5.74, 6) is 0.693. The quantitative estimate of drug-likeness (QED) is 0.644. The van der Waals surface area contributed by atoms with Crippen LogP contribution in [-0.4, -0.2) is 40.7 Å². The van der Waals surface area contributed by atoms with Crippen LogP contribution in [0.5, 0.6) is 0 Å². The summed E-state index contributed by atoms with van der Waals surface area (Å²) in [4.78, 5) is 24.4. The van der Waals surface area contributed by atoms with Gasteiger partial charge in [-0.3, -0.25) is 4.79 Å². The predicted octanol–water partition coefficient (Wildman–Crippen LogP) is 4.83. The Kier molecular flexibility index (Phi) is 7.20. The zero-order chi connectivity index (χ0) is 19.9. The van der Waals surface area contributed by atoms with Crippen LogP contribution >= 0.6 is 11.3 Å². The summed E-state index contributed by atoms with van der Waals surface area (Å²) >= 11 is 1.70. The van der Waals surface area contributed by atoms with Crippen molar-refractivity contribution in [3.05, 3.63) is 52.0 Å². The Morgan fingerprint density at radius 3 is 2.79 bits per heavy atom. The number of aromatic nitrogens is 1. The Labute approximate surface area is 171 Å². The first kappa shape index (κ1) is 20.5. The molecule has 0 aromatic carbocycles. The van der Waals surface area contributed by atoms with Crippen molar-refractivity contribution in [2.24, 2.45) is 5.16 Å². The molecule has 0 radical (unpaired) electrons. The van der Waals surface area contributed by atoms with E-state index in [0.717, 1.165) is 54.3 Å². The number of piperidine rings is 1. The summed E-state index contributed by atoms with van der Waals surface area (Å²) in [6.45, 7) is 7.61. The second-order valence-corrected chi connectivity index (χ2v) is 7.98. The first-order valence-corrected chi connectivity index (χ1v) is 11.0. The molecule has 150 valence electrons. The molecule has 1 aromatic heterocycles. The van der Waals surface area contributed by atoms with Gasteiger partial charge in [0.1, 0.15) is 5.71 Å². The summed E-state index contributed by atoms with van der Waals surface area (Å²) in [6.07, 6.45) is 13.4. The molecule has 1 unspecified atom stereocenters. The van der Waals surface area contributed by atoms with Gasteiger partial charge in [0.25, 0.3) is 0 Å². The molecular weight excluding hydrogens is 370 g/mol. The molecule has 0 bridgehead atoms. The standard InChI is InChI=1S/C22H29N3O2S/c1-4-7-8-9-16(5-2)20-14-18(24-27-20)19-15-28-22(23-19)17-10-12-25(13-11-17)21(26)6-3/h4-5,7-9,15,17,20H,6,10-14H2,1-3H3/b7-4-,9-8-,16-5+. The number of hydrogen-bond acceptors (Lipinski definition) is 5. The van der Waals surface area contributed by atoms with Crippen LogP contribution in [0.1, 0.15) is 63.1 Å². The normalized spacial score (nSPS) is 21.5. The lowest BCUT2D eigenvalue weighted by Crippen LogP contribution is -2.37. The van der Waals surface area contributed by atoms with Crippen LogP contribution in [-0.2, 0) is 9.63 Å². The second-order valence-electron chi connectivity index (χ2n) is 7.09. The summed E-state index contributed by atoms with van der Waals surface area (Å²) in [7, 11) is 0. The summed E-state index contributed by atoms with van der Waals surface area (Å²) < 4.78 is 0. The van der Waals surface area contributed by atoms with Crippen LogP contribution in [0.25, 0.3) is 0 Å². The van der Waals surface area contributed by atoms with Crippen molar-refractivity contribution in [2.75, 3.05) is 13.1 Å². The van der Waals surface area contributed by atoms with E-state index in [4.69, 9.17) is 9.82 Å². The Bertz CT molecular complexity index is 798. The predicted molar refractivity (Wildman–Crippen MR) is 115 cm³/mol. The molecular formula is C22H29N3O2S. The van der Waals surface area contributed by atoms with Gasteiger partial charge >= 0.3 is 0 Å². The lowest BCUT2D eigenvalue weighted by molar-refractivity contribution is -0.131. The minimum atomic E-state index is -0.0463. The molecule has 0 saturated carbocycles. The highest BCUT2D eigenvalue weighted by Gasteiger charge is 2.28. The first-order valence-electron chi connectivity index (χ1n) is 10.1. The number of carbonyl (C=O) groups excluding carboxylic acids is 1. The maximum Gasteiger partial charge on any atom is 0.222 e. The molecule has 3 heterocycles. The van der Waals surface area contributed by atoms with E-state index >= 15 is 0 Å². The molecule has 1 saturated heterocycles. The lowest BCUT2D eigenvalue weighted by atomic mass is 9.97. The van der Waals surface area contributed by atoms with Crippen molar-refractivity contribution in [1.82, 2.24) is 9.88 Å². The van der Waals surface area contributed by atoms with Crippen LogP contribution in [0.2, 0.25) is 0 Å². The van der Waals surface area contributed by atoms with E-state index in [2.05, 4.69) is 22.7 Å². The average Bonchev–Trinajstić information content (AvgIpc) is 3.40. The van der Waals surface area contributed by atoms with Crippen molar-refractivity contribution in [1.29, 1.82) is 0 Å². The summed E-state index contributed by atoms with van der Waals surface area (Å²) in [5.41, 5.74) is 2.98. The second kappa shape index (κ2) is 9.82. The molecule has 3 rings (SSSR count). The third-order valence-corrected chi connectivity index (χ3v) is 6.29. The molecule has 1 fully saturated rings. The van der Waals surface area contributed by atoms with E-state index in [1.165, 1.54) is 0 Å². The van der Waals surface area contributed by atoms with E-state index in [9.17, 15) is 4.79 Å². The SMILES string of the molecule is C\C=C/C=C\C(=C/C)C1CC(c2csc(C3CCN(C(=O)CC)CC3)n2)=NO1. The third-order valence-electron chi connectivity index (χ3n) is 5.28. The highest BCUT2D eigenvalue weighted by atomic mass is 32.1. The van der Waals surface area contributed by atoms with Gasteiger partial charge in [-0.25, -0.2) is 4.98 Å². The van der Waals surface area contributed by atoms with Gasteiger partial charge in [-0.2, -0.15) is 0 Å². The van der Waals surface area contributed by atoms with Crippen LogP contribution in [0.4, 0.5) is 0 Å². The summed E-state index contributed by atoms with van der Waals surface area (Å²) in [6, 6.07) is 0. The van der Waals surface area contributed by atoms with Gasteiger partial charge in [0.15, 0.2) is 6.10 Å². The highest BCUT2D eigenvalue weighted by Crippen LogP contribution is 2.32. The Morgan fingerprint density at radius 2 is 2.11 bits per heavy atom. The van der Waals surface area contributed by atoms with Gasteiger partial charge in [0.2, 0.25) is 5.91 Å². The molecule has 1 atom stereocenters. The number of nitrogens with zero attached hydrogens (tertiary/aromatic N) is 3. The Hall–Kier alpha value is -2.21. The number of carbonyl (C=O) groups is 1. The average molecular weight is 400 g/mol. The van der Waals surface area contributed by atoms with E-state index in [1.807, 2.05) is 43.9 Å². The minimum Gasteiger partial charge on any atom is -0.387 e. The topological polar surface area (TPSA) is 54.8 Å². The molecule has 2 aliphatic heterocycles. The zero-order valence-corrected chi connectivity index (χ0v) is 17.7. The van der Waals surface area contributed by atoms with Crippen molar-refractivity contribution in [2.45, 2.75) is 58.5 Å². The van der Waals surface area contributed by atoms with Gasteiger partial charge < -0.3 is 9.74 Å². The molecule has 5 nitrogen and oxygen atoms in total. The van der Waals surface area contributed by atoms with Crippen molar-refractivity contribution in [3.63, 3.8) is 0 Å². The van der Waals surface area contributed by atoms with Gasteiger partial charge in [-0.05, 0) is 32.3 Å². The van der Waals surface area contributed by atoms with Crippen LogP contribution in [0.15, 0.2) is 46.5 Å². The largest absolute Gasteiger partial charge is 0.387 e. The van der Waals surface area contributed by atoms with Crippen molar-refractivity contribution >= 4 is 23.0 Å². The fourth-order valence-electron chi connectivity index (χ4n) is 3.58. The molecule has 0 spiro atoms. The lowest BCUT2D eigenvalue weighted by Gasteiger charge is -2.30. The van der Waals surface area contributed by atoms with Crippen LogP contribution < -0.4 is 0 Å². The molecule has 1 amide bonds. The van der Waals surface area contributed by atoms with E-state index in [1.54, 1.807) is 11.3 Å². The smallest absolute Gasteiger partial charge is 0.222 e. The van der Waals surface area contributed by atoms with Crippen LogP contribution in [0.3, 0.4) is 0 Å². The third kappa shape index (κ3) is 4.79. The summed E-state index contributed by atoms with van der Waals surface area (Å²) in [5, 5.41) is 7.55. The van der Waals surface area contributed by atoms with Gasteiger partial charge in [0, 0.05) is 37.2 Å².